The van der Waals surface area contributed by atoms with Crippen LogP contribution in [0.1, 0.15) is 20.3 Å². The van der Waals surface area contributed by atoms with E-state index in [0.29, 0.717) is 5.84 Å². The number of rotatable bonds is 2. The van der Waals surface area contributed by atoms with Gasteiger partial charge >= 0.3 is 0 Å². The van der Waals surface area contributed by atoms with E-state index in [4.69, 9.17) is 5.73 Å². The smallest absolute Gasteiger partial charge is 0.104 e. The highest BCUT2D eigenvalue weighted by atomic mass is 79.9. The summed E-state index contributed by atoms with van der Waals surface area (Å²) in [6.07, 6.45) is 2.92. The molecule has 0 radical (unpaired) electrons. The third-order valence-electron chi connectivity index (χ3n) is 0.656. The minimum Gasteiger partial charge on any atom is -0.387 e. The SMILES string of the molecule is CC/C=C(/Br)N=C(C)N. The van der Waals surface area contributed by atoms with Crippen LogP contribution in [0, 0.1) is 0 Å². The highest BCUT2D eigenvalue weighted by molar-refractivity contribution is 9.11. The molecule has 3 heteroatoms. The van der Waals surface area contributed by atoms with E-state index in [0.717, 1.165) is 11.0 Å². The van der Waals surface area contributed by atoms with Crippen molar-refractivity contribution in [3.05, 3.63) is 10.7 Å². The third-order valence-corrected chi connectivity index (χ3v) is 1.16. The molecule has 0 amide bonds. The number of hydrogen-bond donors (Lipinski definition) is 1. The largest absolute Gasteiger partial charge is 0.387 e. The Bertz CT molecular complexity index is 134. The van der Waals surface area contributed by atoms with Crippen LogP contribution < -0.4 is 5.73 Å². The predicted molar refractivity (Wildman–Crippen MR) is 44.6 cm³/mol. The van der Waals surface area contributed by atoms with Crippen LogP contribution in [0.5, 0.6) is 0 Å². The summed E-state index contributed by atoms with van der Waals surface area (Å²) < 4.78 is 0.810. The summed E-state index contributed by atoms with van der Waals surface area (Å²) in [5.41, 5.74) is 5.30. The summed E-state index contributed by atoms with van der Waals surface area (Å²) in [6.45, 7) is 3.80. The number of amidine groups is 1. The number of halogens is 1. The molecular weight excluding hydrogens is 180 g/mol. The Hall–Kier alpha value is -0.310. The van der Waals surface area contributed by atoms with E-state index in [9.17, 15) is 0 Å². The van der Waals surface area contributed by atoms with Gasteiger partial charge in [-0.05, 0) is 29.3 Å². The summed E-state index contributed by atoms with van der Waals surface area (Å²) in [4.78, 5) is 3.94. The van der Waals surface area contributed by atoms with Crippen LogP contribution in [0.25, 0.3) is 0 Å². The van der Waals surface area contributed by atoms with Crippen LogP contribution >= 0.6 is 15.9 Å². The van der Waals surface area contributed by atoms with Crippen molar-refractivity contribution in [3.63, 3.8) is 0 Å². The summed E-state index contributed by atoms with van der Waals surface area (Å²) in [5.74, 6) is 0.576. The molecule has 0 unspecified atom stereocenters. The quantitative estimate of drug-likeness (QED) is 0.404. The lowest BCUT2D eigenvalue weighted by atomic mass is 10.5. The first-order valence-corrected chi connectivity index (χ1v) is 3.62. The fraction of sp³-hybridized carbons (Fsp3) is 0.500. The Morgan fingerprint density at radius 2 is 2.33 bits per heavy atom. The molecule has 0 atom stereocenters. The van der Waals surface area contributed by atoms with E-state index in [1.54, 1.807) is 6.92 Å². The average molecular weight is 191 g/mol. The zero-order valence-corrected chi connectivity index (χ0v) is 7.27. The van der Waals surface area contributed by atoms with Crippen molar-refractivity contribution in [2.45, 2.75) is 20.3 Å². The van der Waals surface area contributed by atoms with Gasteiger partial charge in [-0.2, -0.15) is 0 Å². The standard InChI is InChI=1S/C6H11BrN2/c1-3-4-6(7)9-5(2)8/h4H,3H2,1-2H3,(H2,8,9)/b6-4-. The van der Waals surface area contributed by atoms with E-state index < -0.39 is 0 Å². The predicted octanol–water partition coefficient (Wildman–Crippen LogP) is 2.01. The number of nitrogens with zero attached hydrogens (tertiary/aromatic N) is 1. The highest BCUT2D eigenvalue weighted by Crippen LogP contribution is 2.06. The van der Waals surface area contributed by atoms with Gasteiger partial charge in [-0.15, -0.1) is 0 Å². The second kappa shape index (κ2) is 4.56. The molecule has 0 aliphatic heterocycles. The van der Waals surface area contributed by atoms with Gasteiger partial charge < -0.3 is 5.73 Å². The molecule has 2 nitrogen and oxygen atoms in total. The first-order valence-electron chi connectivity index (χ1n) is 2.83. The van der Waals surface area contributed by atoms with Gasteiger partial charge in [0.2, 0.25) is 0 Å². The van der Waals surface area contributed by atoms with Crippen LogP contribution in [0.2, 0.25) is 0 Å². The molecule has 0 saturated carbocycles. The van der Waals surface area contributed by atoms with Gasteiger partial charge in [0.15, 0.2) is 0 Å². The van der Waals surface area contributed by atoms with Crippen molar-refractivity contribution in [1.82, 2.24) is 0 Å². The first-order chi connectivity index (χ1) is 4.16. The maximum absolute atomic E-state index is 5.30. The molecule has 0 saturated heterocycles. The molecule has 9 heavy (non-hydrogen) atoms. The maximum Gasteiger partial charge on any atom is 0.104 e. The van der Waals surface area contributed by atoms with Gasteiger partial charge in [0.1, 0.15) is 4.61 Å². The summed E-state index contributed by atoms with van der Waals surface area (Å²) >= 11 is 3.23. The number of allylic oxidation sites excluding steroid dienone is 1. The van der Waals surface area contributed by atoms with E-state index in [2.05, 4.69) is 20.9 Å². The minimum atomic E-state index is 0.576. The van der Waals surface area contributed by atoms with E-state index in [-0.39, 0.29) is 0 Å². The van der Waals surface area contributed by atoms with Gasteiger partial charge in [-0.1, -0.05) is 13.0 Å². The van der Waals surface area contributed by atoms with Crippen molar-refractivity contribution in [2.75, 3.05) is 0 Å². The maximum atomic E-state index is 5.30. The molecule has 0 aromatic rings. The van der Waals surface area contributed by atoms with Crippen LogP contribution in [0.3, 0.4) is 0 Å². The molecule has 52 valence electrons. The lowest BCUT2D eigenvalue weighted by Gasteiger charge is -1.88. The van der Waals surface area contributed by atoms with E-state index in [1.165, 1.54) is 0 Å². The molecule has 0 aromatic heterocycles. The third kappa shape index (κ3) is 5.56. The van der Waals surface area contributed by atoms with Gasteiger partial charge in [0, 0.05) is 0 Å². The molecule has 0 spiro atoms. The van der Waals surface area contributed by atoms with Crippen LogP contribution in [0.4, 0.5) is 0 Å². The molecular formula is C6H11BrN2. The molecule has 0 heterocycles. The van der Waals surface area contributed by atoms with Crippen LogP contribution in [-0.2, 0) is 0 Å². The van der Waals surface area contributed by atoms with Gasteiger partial charge in [0.05, 0.1) is 5.84 Å². The topological polar surface area (TPSA) is 38.4 Å². The normalized spacial score (nSPS) is 14.1. The minimum absolute atomic E-state index is 0.576. The summed E-state index contributed by atoms with van der Waals surface area (Å²) in [7, 11) is 0. The Kier molecular flexibility index (Phi) is 4.40. The van der Waals surface area contributed by atoms with Gasteiger partial charge in [0.25, 0.3) is 0 Å². The Balaban J connectivity index is 3.90. The van der Waals surface area contributed by atoms with Gasteiger partial charge in [-0.3, -0.25) is 0 Å². The Labute approximate surface area is 64.0 Å². The van der Waals surface area contributed by atoms with E-state index in [1.807, 2.05) is 13.0 Å². The molecule has 2 N–H and O–H groups in total. The van der Waals surface area contributed by atoms with Crippen molar-refractivity contribution >= 4 is 21.8 Å². The number of nitrogens with two attached hydrogens (primary N) is 1. The fourth-order valence-electron chi connectivity index (χ4n) is 0.383. The lowest BCUT2D eigenvalue weighted by Crippen LogP contribution is -2.04. The average Bonchev–Trinajstić information content (AvgIpc) is 1.63. The number of aliphatic imine (C=N–C) groups is 1. The monoisotopic (exact) mass is 190 g/mol. The summed E-state index contributed by atoms with van der Waals surface area (Å²) in [5, 5.41) is 0. The van der Waals surface area contributed by atoms with Gasteiger partial charge in [-0.25, -0.2) is 4.99 Å². The molecule has 0 rings (SSSR count). The lowest BCUT2D eigenvalue weighted by molar-refractivity contribution is 1.20. The Morgan fingerprint density at radius 1 is 1.78 bits per heavy atom. The number of hydrogen-bond acceptors (Lipinski definition) is 1. The second-order valence-electron chi connectivity index (χ2n) is 1.69. The zero-order valence-electron chi connectivity index (χ0n) is 5.69. The zero-order chi connectivity index (χ0) is 7.28. The molecule has 0 fully saturated rings. The first kappa shape index (κ1) is 8.69. The highest BCUT2D eigenvalue weighted by Gasteiger charge is 1.83. The van der Waals surface area contributed by atoms with E-state index >= 15 is 0 Å². The molecule has 0 aliphatic rings. The van der Waals surface area contributed by atoms with Crippen molar-refractivity contribution in [1.29, 1.82) is 0 Å². The molecule has 0 bridgehead atoms. The second-order valence-corrected chi connectivity index (χ2v) is 2.50. The molecule has 0 aliphatic carbocycles. The van der Waals surface area contributed by atoms with Crippen molar-refractivity contribution < 1.29 is 0 Å². The van der Waals surface area contributed by atoms with Crippen LogP contribution in [-0.4, -0.2) is 5.84 Å². The molecule has 0 aromatic carbocycles. The summed E-state index contributed by atoms with van der Waals surface area (Å²) in [6, 6.07) is 0. The fourth-order valence-corrected chi connectivity index (χ4v) is 0.986. The van der Waals surface area contributed by atoms with Crippen LogP contribution in [0.15, 0.2) is 15.7 Å². The van der Waals surface area contributed by atoms with Crippen molar-refractivity contribution in [2.24, 2.45) is 10.7 Å². The van der Waals surface area contributed by atoms with Crippen molar-refractivity contribution in [3.8, 4) is 0 Å². The Morgan fingerprint density at radius 3 is 2.67 bits per heavy atom.